The van der Waals surface area contributed by atoms with Crippen molar-refractivity contribution in [2.75, 3.05) is 11.9 Å². The fourth-order valence-electron chi connectivity index (χ4n) is 1.90. The first-order valence-electron chi connectivity index (χ1n) is 5.62. The third kappa shape index (κ3) is 1.88. The number of amides is 1. The van der Waals surface area contributed by atoms with E-state index in [1.807, 2.05) is 0 Å². The summed E-state index contributed by atoms with van der Waals surface area (Å²) in [4.78, 5) is 12.0. The van der Waals surface area contributed by atoms with E-state index in [2.05, 4.69) is 20.7 Å². The van der Waals surface area contributed by atoms with Gasteiger partial charge in [0, 0.05) is 23.7 Å². The molecule has 1 aliphatic heterocycles. The second kappa shape index (κ2) is 4.26. The molecule has 0 aliphatic carbocycles. The molecular weight excluding hydrogens is 236 g/mol. The lowest BCUT2D eigenvalue weighted by Crippen LogP contribution is -2.17. The third-order valence-corrected chi connectivity index (χ3v) is 2.78. The van der Waals surface area contributed by atoms with Crippen molar-refractivity contribution in [1.29, 1.82) is 0 Å². The predicted molar refractivity (Wildman–Crippen MR) is 61.1 cm³/mol. The highest BCUT2D eigenvalue weighted by Crippen LogP contribution is 2.19. The first-order chi connectivity index (χ1) is 8.74. The Kier molecular flexibility index (Phi) is 2.60. The summed E-state index contributed by atoms with van der Waals surface area (Å²) in [6, 6.07) is 1.65. The maximum absolute atomic E-state index is 12.0. The topological polar surface area (TPSA) is 93.0 Å². The number of aromatic nitrogens is 3. The Morgan fingerprint density at radius 2 is 2.44 bits per heavy atom. The normalized spacial score (nSPS) is 14.3. The van der Waals surface area contributed by atoms with Crippen LogP contribution in [0.4, 0.5) is 5.82 Å². The maximum atomic E-state index is 12.0. The lowest BCUT2D eigenvalue weighted by atomic mass is 10.1. The van der Waals surface area contributed by atoms with Crippen LogP contribution in [0.15, 0.2) is 10.6 Å². The molecule has 0 unspecified atom stereocenters. The summed E-state index contributed by atoms with van der Waals surface area (Å²) in [5.74, 6) is 0.704. The zero-order valence-electron chi connectivity index (χ0n) is 9.82. The van der Waals surface area contributed by atoms with Gasteiger partial charge in [0.1, 0.15) is 5.76 Å². The van der Waals surface area contributed by atoms with E-state index < -0.39 is 0 Å². The number of carbonyl (C=O) groups is 1. The van der Waals surface area contributed by atoms with Crippen LogP contribution in [0, 0.1) is 6.92 Å². The highest BCUT2D eigenvalue weighted by Gasteiger charge is 2.22. The van der Waals surface area contributed by atoms with Gasteiger partial charge in [-0.15, -0.1) is 0 Å². The predicted octanol–water partition coefficient (Wildman–Crippen LogP) is 1.03. The van der Waals surface area contributed by atoms with E-state index in [1.165, 1.54) is 0 Å². The second-order valence-corrected chi connectivity index (χ2v) is 4.11. The van der Waals surface area contributed by atoms with E-state index in [1.54, 1.807) is 13.0 Å². The molecule has 0 saturated heterocycles. The van der Waals surface area contributed by atoms with Crippen LogP contribution < -0.4 is 5.32 Å². The van der Waals surface area contributed by atoms with Gasteiger partial charge in [0.25, 0.3) is 5.91 Å². The fourth-order valence-corrected chi connectivity index (χ4v) is 1.90. The van der Waals surface area contributed by atoms with Gasteiger partial charge in [-0.05, 0) is 6.92 Å². The van der Waals surface area contributed by atoms with Crippen LogP contribution >= 0.6 is 0 Å². The van der Waals surface area contributed by atoms with Crippen LogP contribution in [0.2, 0.25) is 0 Å². The van der Waals surface area contributed by atoms with E-state index in [0.29, 0.717) is 30.5 Å². The van der Waals surface area contributed by atoms with Gasteiger partial charge in [-0.2, -0.15) is 5.10 Å². The molecule has 0 bridgehead atoms. The Labute approximate surface area is 102 Å². The minimum Gasteiger partial charge on any atom is -0.376 e. The van der Waals surface area contributed by atoms with Crippen molar-refractivity contribution in [3.63, 3.8) is 0 Å². The number of H-pyrrole nitrogens is 1. The van der Waals surface area contributed by atoms with Crippen molar-refractivity contribution in [1.82, 2.24) is 15.4 Å². The number of hydrogen-bond donors (Lipinski definition) is 2. The highest BCUT2D eigenvalue weighted by molar-refractivity contribution is 6.03. The molecule has 18 heavy (non-hydrogen) atoms. The van der Waals surface area contributed by atoms with Crippen molar-refractivity contribution in [2.45, 2.75) is 20.0 Å². The third-order valence-electron chi connectivity index (χ3n) is 2.78. The zero-order chi connectivity index (χ0) is 12.5. The Hall–Kier alpha value is -2.15. The summed E-state index contributed by atoms with van der Waals surface area (Å²) in [5.41, 5.74) is 2.13. The van der Waals surface area contributed by atoms with Gasteiger partial charge in [0.15, 0.2) is 11.5 Å². The monoisotopic (exact) mass is 248 g/mol. The molecule has 2 N–H and O–H groups in total. The number of fused-ring (bicyclic) bond motifs is 1. The summed E-state index contributed by atoms with van der Waals surface area (Å²) in [6.07, 6.45) is 0.749. The molecule has 0 radical (unpaired) electrons. The van der Waals surface area contributed by atoms with E-state index in [0.717, 1.165) is 17.7 Å². The van der Waals surface area contributed by atoms with Gasteiger partial charge in [-0.1, -0.05) is 5.16 Å². The van der Waals surface area contributed by atoms with Crippen molar-refractivity contribution in [3.8, 4) is 0 Å². The van der Waals surface area contributed by atoms with Crippen LogP contribution in [0.25, 0.3) is 0 Å². The van der Waals surface area contributed by atoms with Gasteiger partial charge in [0.2, 0.25) is 0 Å². The van der Waals surface area contributed by atoms with Crippen molar-refractivity contribution in [2.24, 2.45) is 0 Å². The smallest absolute Gasteiger partial charge is 0.277 e. The van der Waals surface area contributed by atoms with Crippen LogP contribution in [0.5, 0.6) is 0 Å². The molecule has 0 atom stereocenters. The Balaban J connectivity index is 1.82. The summed E-state index contributed by atoms with van der Waals surface area (Å²) in [5, 5.41) is 13.2. The van der Waals surface area contributed by atoms with Crippen LogP contribution in [-0.4, -0.2) is 27.9 Å². The molecule has 3 rings (SSSR count). The fraction of sp³-hybridized carbons (Fsp3) is 0.364. The standard InChI is InChI=1S/C11H12N4O3/c1-6-4-9(15-18-6)12-11(16)10-7-5-17-3-2-8(7)13-14-10/h4H,2-3,5H2,1H3,(H,13,14)(H,12,15,16). The van der Waals surface area contributed by atoms with Gasteiger partial charge in [-0.25, -0.2) is 0 Å². The number of carbonyl (C=O) groups excluding carboxylic acids is 1. The quantitative estimate of drug-likeness (QED) is 0.828. The molecule has 7 nitrogen and oxygen atoms in total. The number of hydrogen-bond acceptors (Lipinski definition) is 5. The molecule has 0 spiro atoms. The number of aromatic amines is 1. The summed E-state index contributed by atoms with van der Waals surface area (Å²) in [7, 11) is 0. The molecular formula is C11H12N4O3. The van der Waals surface area contributed by atoms with E-state index >= 15 is 0 Å². The van der Waals surface area contributed by atoms with E-state index in [9.17, 15) is 4.79 Å². The minimum absolute atomic E-state index is 0.314. The highest BCUT2D eigenvalue weighted by atomic mass is 16.5. The first kappa shape index (κ1) is 11.0. The summed E-state index contributed by atoms with van der Waals surface area (Å²) in [6.45, 7) is 2.82. The lowest BCUT2D eigenvalue weighted by Gasteiger charge is -2.11. The molecule has 2 aromatic rings. The largest absolute Gasteiger partial charge is 0.376 e. The number of nitrogens with zero attached hydrogens (tertiary/aromatic N) is 2. The van der Waals surface area contributed by atoms with Crippen molar-refractivity contribution in [3.05, 3.63) is 28.8 Å². The Bertz CT molecular complexity index is 587. The number of nitrogens with one attached hydrogen (secondary N) is 2. The molecule has 0 aromatic carbocycles. The van der Waals surface area contributed by atoms with Gasteiger partial charge in [0.05, 0.1) is 13.2 Å². The number of rotatable bonds is 2. The average molecular weight is 248 g/mol. The molecule has 1 aliphatic rings. The van der Waals surface area contributed by atoms with Gasteiger partial charge in [-0.3, -0.25) is 9.89 Å². The first-order valence-corrected chi connectivity index (χ1v) is 5.62. The Morgan fingerprint density at radius 1 is 1.56 bits per heavy atom. The molecule has 3 heterocycles. The maximum Gasteiger partial charge on any atom is 0.277 e. The number of aryl methyl sites for hydroxylation is 1. The van der Waals surface area contributed by atoms with Crippen LogP contribution in [0.3, 0.4) is 0 Å². The SMILES string of the molecule is Cc1cc(NC(=O)c2n[nH]c3c2COCC3)no1. The van der Waals surface area contributed by atoms with E-state index in [4.69, 9.17) is 9.26 Å². The van der Waals surface area contributed by atoms with E-state index in [-0.39, 0.29) is 5.91 Å². The van der Waals surface area contributed by atoms with Crippen molar-refractivity contribution < 1.29 is 14.1 Å². The number of anilines is 1. The van der Waals surface area contributed by atoms with Crippen LogP contribution in [-0.2, 0) is 17.8 Å². The summed E-state index contributed by atoms with van der Waals surface area (Å²) >= 11 is 0. The zero-order valence-corrected chi connectivity index (χ0v) is 9.82. The molecule has 94 valence electrons. The molecule has 2 aromatic heterocycles. The van der Waals surface area contributed by atoms with Crippen molar-refractivity contribution >= 4 is 11.7 Å². The molecule has 0 saturated carbocycles. The molecule has 7 heteroatoms. The van der Waals surface area contributed by atoms with Crippen LogP contribution in [0.1, 0.15) is 27.5 Å². The molecule has 1 amide bonds. The minimum atomic E-state index is -0.314. The van der Waals surface area contributed by atoms with Gasteiger partial charge >= 0.3 is 0 Å². The molecule has 0 fully saturated rings. The van der Waals surface area contributed by atoms with Gasteiger partial charge < -0.3 is 14.6 Å². The Morgan fingerprint density at radius 3 is 3.22 bits per heavy atom. The average Bonchev–Trinajstić information content (AvgIpc) is 2.95. The summed E-state index contributed by atoms with van der Waals surface area (Å²) < 4.78 is 10.2. The lowest BCUT2D eigenvalue weighted by molar-refractivity contribution is 0.0984. The second-order valence-electron chi connectivity index (χ2n) is 4.11. The number of ether oxygens (including phenoxy) is 1.